The number of amides is 1. The molecule has 0 radical (unpaired) electrons. The Balaban J connectivity index is 1.59. The number of carbonyl (C=O) groups excluding carboxylic acids is 1. The van der Waals surface area contributed by atoms with Crippen molar-refractivity contribution in [2.45, 2.75) is 43.4 Å². The van der Waals surface area contributed by atoms with Crippen molar-refractivity contribution in [3.8, 4) is 0 Å². The Kier molecular flexibility index (Phi) is 6.27. The summed E-state index contributed by atoms with van der Waals surface area (Å²) in [5.74, 6) is -1.47. The van der Waals surface area contributed by atoms with Crippen molar-refractivity contribution in [1.82, 2.24) is 14.5 Å². The molecule has 0 bridgehead atoms. The molecule has 0 saturated carbocycles. The van der Waals surface area contributed by atoms with E-state index in [2.05, 4.69) is 16.9 Å². The van der Waals surface area contributed by atoms with Gasteiger partial charge in [-0.05, 0) is 38.0 Å². The maximum atomic E-state index is 14.0. The highest BCUT2D eigenvalue weighted by Crippen LogP contribution is 2.31. The molecular formula is C22H27FN4O6S. The Morgan fingerprint density at radius 1 is 1.38 bits per heavy atom. The van der Waals surface area contributed by atoms with Crippen molar-refractivity contribution in [3.63, 3.8) is 0 Å². The fourth-order valence-corrected chi connectivity index (χ4v) is 5.89. The van der Waals surface area contributed by atoms with Crippen LogP contribution in [-0.2, 0) is 26.1 Å². The van der Waals surface area contributed by atoms with Crippen LogP contribution in [0.25, 0.3) is 0 Å². The highest BCUT2D eigenvalue weighted by Gasteiger charge is 2.41. The van der Waals surface area contributed by atoms with Gasteiger partial charge in [0, 0.05) is 26.2 Å². The minimum Gasteiger partial charge on any atom is -0.504 e. The molecule has 10 nitrogen and oxygen atoms in total. The summed E-state index contributed by atoms with van der Waals surface area (Å²) in [6.45, 7) is 8.01. The molecule has 0 aliphatic carbocycles. The van der Waals surface area contributed by atoms with Crippen LogP contribution in [0.15, 0.2) is 51.8 Å². The average molecular weight is 495 g/mol. The minimum atomic E-state index is -4.09. The number of fused-ring (bicyclic) bond motifs is 1. The first-order chi connectivity index (χ1) is 15.9. The quantitative estimate of drug-likeness (QED) is 0.557. The van der Waals surface area contributed by atoms with Gasteiger partial charge in [-0.2, -0.15) is 4.31 Å². The number of hydrogen-bond acceptors (Lipinski definition) is 8. The van der Waals surface area contributed by atoms with Crippen LogP contribution in [0.1, 0.15) is 25.8 Å². The molecule has 184 valence electrons. The van der Waals surface area contributed by atoms with Crippen molar-refractivity contribution in [3.05, 3.63) is 53.3 Å². The smallest absolute Gasteiger partial charge is 0.274 e. The molecule has 3 aliphatic rings. The Labute approximate surface area is 197 Å². The molecule has 3 N–H and O–H groups in total. The molecule has 1 aromatic carbocycles. The number of morpholine rings is 1. The highest BCUT2D eigenvalue weighted by atomic mass is 32.2. The topological polar surface area (TPSA) is 132 Å². The monoisotopic (exact) mass is 494 g/mol. The molecule has 0 spiro atoms. The van der Waals surface area contributed by atoms with Gasteiger partial charge in [0.1, 0.15) is 17.3 Å². The summed E-state index contributed by atoms with van der Waals surface area (Å²) in [7, 11) is -4.09. The zero-order chi connectivity index (χ0) is 24.8. The van der Waals surface area contributed by atoms with Gasteiger partial charge in [-0.15, -0.1) is 0 Å². The summed E-state index contributed by atoms with van der Waals surface area (Å²) in [4.78, 5) is 18.6. The number of carbonyl (C=O) groups is 1. The Morgan fingerprint density at radius 2 is 2.12 bits per heavy atom. The molecule has 1 aromatic rings. The van der Waals surface area contributed by atoms with Gasteiger partial charge in [-0.25, -0.2) is 17.8 Å². The fourth-order valence-electron chi connectivity index (χ4n) is 4.17. The third-order valence-electron chi connectivity index (χ3n) is 6.04. The molecule has 3 heterocycles. The molecule has 0 aromatic heterocycles. The summed E-state index contributed by atoms with van der Waals surface area (Å²) in [5.41, 5.74) is -0.721. The molecule has 1 atom stereocenters. The van der Waals surface area contributed by atoms with Gasteiger partial charge in [0.15, 0.2) is 11.5 Å². The van der Waals surface area contributed by atoms with E-state index in [4.69, 9.17) is 4.74 Å². The molecule has 3 aliphatic heterocycles. The van der Waals surface area contributed by atoms with Crippen LogP contribution in [0.4, 0.5) is 4.39 Å². The maximum Gasteiger partial charge on any atom is 0.274 e. The van der Waals surface area contributed by atoms with Gasteiger partial charge in [-0.3, -0.25) is 4.79 Å². The second kappa shape index (κ2) is 8.77. The third-order valence-corrected chi connectivity index (χ3v) is 7.99. The van der Waals surface area contributed by atoms with Crippen LogP contribution in [0.5, 0.6) is 0 Å². The first-order valence-corrected chi connectivity index (χ1v) is 12.2. The number of aliphatic hydroxyl groups excluding tert-OH is 2. The standard InChI is InChI=1S/C22H27FN4O6S/c1-13-19(29)18(25-21-22(2,3)33-9-8-27(13)21)20(30)24-11-14-4-5-15(23)10-17(14)34(31,32)26-7-6-16(28)12-26/h4-5,10,16,28-29H,1,6-9,11-12H2,2-3H3,(H,24,30). The zero-order valence-corrected chi connectivity index (χ0v) is 19.7. The van der Waals surface area contributed by atoms with E-state index in [1.54, 1.807) is 18.7 Å². The van der Waals surface area contributed by atoms with Gasteiger partial charge in [-0.1, -0.05) is 12.6 Å². The zero-order valence-electron chi connectivity index (χ0n) is 18.9. The van der Waals surface area contributed by atoms with Crippen LogP contribution in [0, 0.1) is 5.82 Å². The fraction of sp³-hybridized carbons (Fsp3) is 0.455. The first kappa shape index (κ1) is 24.3. The van der Waals surface area contributed by atoms with E-state index in [1.807, 2.05) is 0 Å². The van der Waals surface area contributed by atoms with Crippen LogP contribution < -0.4 is 5.32 Å². The molecule has 12 heteroatoms. The Morgan fingerprint density at radius 3 is 2.79 bits per heavy atom. The van der Waals surface area contributed by atoms with Crippen LogP contribution in [-0.4, -0.2) is 77.5 Å². The predicted molar refractivity (Wildman–Crippen MR) is 121 cm³/mol. The molecular weight excluding hydrogens is 467 g/mol. The number of rotatable bonds is 5. The van der Waals surface area contributed by atoms with E-state index in [0.29, 0.717) is 19.0 Å². The number of β-amino-alcohol motifs (C(OH)–C–C–N with tert-alkyl or cyclic N) is 1. The van der Waals surface area contributed by atoms with Crippen LogP contribution in [0.3, 0.4) is 0 Å². The lowest BCUT2D eigenvalue weighted by Gasteiger charge is -2.43. The number of aliphatic hydroxyl groups is 2. The van der Waals surface area contributed by atoms with E-state index >= 15 is 0 Å². The van der Waals surface area contributed by atoms with Crippen LogP contribution >= 0.6 is 0 Å². The number of hydrogen-bond donors (Lipinski definition) is 3. The second-order valence-electron chi connectivity index (χ2n) is 8.83. The highest BCUT2D eigenvalue weighted by molar-refractivity contribution is 7.89. The first-order valence-electron chi connectivity index (χ1n) is 10.8. The van der Waals surface area contributed by atoms with Gasteiger partial charge < -0.3 is 25.2 Å². The largest absolute Gasteiger partial charge is 0.504 e. The Hall–Kier alpha value is -2.80. The van der Waals surface area contributed by atoms with E-state index < -0.39 is 39.2 Å². The number of halogens is 1. The summed E-state index contributed by atoms with van der Waals surface area (Å²) >= 11 is 0. The normalized spacial score (nSPS) is 23.1. The average Bonchev–Trinajstić information content (AvgIpc) is 3.22. The van der Waals surface area contributed by atoms with E-state index in [1.165, 1.54) is 6.07 Å². The number of nitrogens with one attached hydrogen (secondary N) is 1. The van der Waals surface area contributed by atoms with Crippen molar-refractivity contribution < 1.29 is 32.6 Å². The predicted octanol–water partition coefficient (Wildman–Crippen LogP) is 1.00. The lowest BCUT2D eigenvalue weighted by atomic mass is 10.0. The molecule has 1 amide bonds. The van der Waals surface area contributed by atoms with Crippen molar-refractivity contribution in [2.24, 2.45) is 4.99 Å². The van der Waals surface area contributed by atoms with E-state index in [9.17, 15) is 27.8 Å². The van der Waals surface area contributed by atoms with Crippen molar-refractivity contribution in [1.29, 1.82) is 0 Å². The second-order valence-corrected chi connectivity index (χ2v) is 10.7. The number of amidine groups is 1. The van der Waals surface area contributed by atoms with Gasteiger partial charge >= 0.3 is 0 Å². The third kappa shape index (κ3) is 4.33. The molecule has 2 fully saturated rings. The molecule has 2 saturated heterocycles. The number of aliphatic imine (C=N–C) groups is 1. The molecule has 4 rings (SSSR count). The number of sulfonamides is 1. The Bertz CT molecular complexity index is 1210. The molecule has 1 unspecified atom stereocenters. The summed E-state index contributed by atoms with van der Waals surface area (Å²) < 4.78 is 46.9. The van der Waals surface area contributed by atoms with Crippen LogP contribution in [0.2, 0.25) is 0 Å². The summed E-state index contributed by atoms with van der Waals surface area (Å²) in [6.07, 6.45) is -0.498. The van der Waals surface area contributed by atoms with E-state index in [-0.39, 0.29) is 47.9 Å². The lowest BCUT2D eigenvalue weighted by Crippen LogP contribution is -2.54. The summed E-state index contributed by atoms with van der Waals surface area (Å²) in [5, 5.41) is 22.8. The number of benzene rings is 1. The van der Waals surface area contributed by atoms with Crippen molar-refractivity contribution in [2.75, 3.05) is 26.2 Å². The lowest BCUT2D eigenvalue weighted by molar-refractivity contribution is -0.118. The SMILES string of the molecule is C=C1C(O)=C(C(=O)NCc2ccc(F)cc2S(=O)(=O)N2CCC(O)C2)N=C2N1CCOC2(C)C. The van der Waals surface area contributed by atoms with Gasteiger partial charge in [0.2, 0.25) is 10.0 Å². The number of ether oxygens (including phenoxy) is 1. The van der Waals surface area contributed by atoms with Gasteiger partial charge in [0.25, 0.3) is 5.91 Å². The van der Waals surface area contributed by atoms with E-state index in [0.717, 1.165) is 16.4 Å². The maximum absolute atomic E-state index is 14.0. The minimum absolute atomic E-state index is 0.0840. The molecule has 34 heavy (non-hydrogen) atoms. The van der Waals surface area contributed by atoms with Crippen molar-refractivity contribution >= 4 is 21.8 Å². The van der Waals surface area contributed by atoms with Gasteiger partial charge in [0.05, 0.1) is 23.3 Å². The summed E-state index contributed by atoms with van der Waals surface area (Å²) in [6, 6.07) is 3.26. The number of nitrogens with zero attached hydrogens (tertiary/aromatic N) is 3.